The molecule has 1 amide bonds. The first-order valence-corrected chi connectivity index (χ1v) is 9.58. The average molecular weight is 328 g/mol. The van der Waals surface area contributed by atoms with Gasteiger partial charge in [0.05, 0.1) is 0 Å². The number of likely N-dealkylation sites (tertiary alicyclic amines) is 1. The molecule has 24 heavy (non-hydrogen) atoms. The number of rotatable bonds is 3. The third-order valence-electron chi connectivity index (χ3n) is 6.21. The lowest BCUT2D eigenvalue weighted by Crippen LogP contribution is -2.50. The van der Waals surface area contributed by atoms with Crippen LogP contribution in [0.4, 0.5) is 10.5 Å². The summed E-state index contributed by atoms with van der Waals surface area (Å²) in [6.45, 7) is 2.46. The van der Waals surface area contributed by atoms with E-state index in [-0.39, 0.29) is 12.2 Å². The second-order valence-electron chi connectivity index (χ2n) is 7.60. The number of hydrogen-bond donors (Lipinski definition) is 1. The van der Waals surface area contributed by atoms with Crippen LogP contribution in [0.15, 0.2) is 30.3 Å². The number of nitrogens with zero attached hydrogens (tertiary/aromatic N) is 1. The maximum atomic E-state index is 12.3. The van der Waals surface area contributed by atoms with Crippen LogP contribution >= 0.6 is 0 Å². The highest BCUT2D eigenvalue weighted by Crippen LogP contribution is 2.46. The van der Waals surface area contributed by atoms with Crippen LogP contribution in [0.1, 0.15) is 44.9 Å². The number of carbonyl (C=O) groups is 1. The average Bonchev–Trinajstić information content (AvgIpc) is 2.87. The van der Waals surface area contributed by atoms with Gasteiger partial charge in [0, 0.05) is 17.6 Å². The van der Waals surface area contributed by atoms with Gasteiger partial charge in [-0.2, -0.15) is 0 Å². The van der Waals surface area contributed by atoms with Crippen molar-refractivity contribution in [2.75, 3.05) is 18.4 Å². The van der Waals surface area contributed by atoms with E-state index in [1.807, 2.05) is 30.3 Å². The number of anilines is 1. The Hall–Kier alpha value is -1.55. The van der Waals surface area contributed by atoms with Gasteiger partial charge in [0.1, 0.15) is 6.10 Å². The molecule has 1 aromatic carbocycles. The number of amides is 1. The predicted octanol–water partition coefficient (Wildman–Crippen LogP) is 4.28. The van der Waals surface area contributed by atoms with Crippen LogP contribution in [0.5, 0.6) is 0 Å². The fourth-order valence-corrected chi connectivity index (χ4v) is 5.08. The van der Waals surface area contributed by atoms with Crippen molar-refractivity contribution in [3.8, 4) is 0 Å². The Labute approximate surface area is 144 Å². The zero-order chi connectivity index (χ0) is 16.4. The number of piperidine rings is 1. The molecule has 2 bridgehead atoms. The highest BCUT2D eigenvalue weighted by Gasteiger charge is 2.48. The van der Waals surface area contributed by atoms with Crippen LogP contribution in [0.25, 0.3) is 0 Å². The largest absolute Gasteiger partial charge is 0.445 e. The molecule has 1 aromatic rings. The quantitative estimate of drug-likeness (QED) is 0.900. The molecule has 3 aliphatic rings. The minimum atomic E-state index is -0.289. The van der Waals surface area contributed by atoms with E-state index in [0.717, 1.165) is 5.69 Å². The van der Waals surface area contributed by atoms with Crippen LogP contribution in [0.2, 0.25) is 0 Å². The van der Waals surface area contributed by atoms with E-state index in [1.165, 1.54) is 58.0 Å². The van der Waals surface area contributed by atoms with E-state index < -0.39 is 0 Å². The lowest BCUT2D eigenvalue weighted by atomic mass is 9.81. The van der Waals surface area contributed by atoms with Gasteiger partial charge in [-0.1, -0.05) is 24.6 Å². The first-order chi connectivity index (χ1) is 11.8. The van der Waals surface area contributed by atoms with Crippen molar-refractivity contribution >= 4 is 11.8 Å². The van der Waals surface area contributed by atoms with Crippen molar-refractivity contribution in [3.63, 3.8) is 0 Å². The Bertz CT molecular complexity index is 556. The number of nitrogens with one attached hydrogen (secondary N) is 1. The van der Waals surface area contributed by atoms with Crippen LogP contribution in [0.3, 0.4) is 0 Å². The first-order valence-electron chi connectivity index (χ1n) is 9.58. The smallest absolute Gasteiger partial charge is 0.411 e. The Balaban J connectivity index is 1.40. The molecule has 1 aliphatic heterocycles. The fraction of sp³-hybridized carbons (Fsp3) is 0.650. The van der Waals surface area contributed by atoms with Crippen LogP contribution < -0.4 is 5.32 Å². The van der Waals surface area contributed by atoms with Gasteiger partial charge in [-0.05, 0) is 69.7 Å². The van der Waals surface area contributed by atoms with Crippen LogP contribution in [-0.4, -0.2) is 36.2 Å². The van der Waals surface area contributed by atoms with E-state index in [9.17, 15) is 4.79 Å². The third kappa shape index (κ3) is 3.30. The molecular formula is C20H28N2O2. The minimum Gasteiger partial charge on any atom is -0.445 e. The molecule has 1 saturated heterocycles. The van der Waals surface area contributed by atoms with Gasteiger partial charge >= 0.3 is 6.09 Å². The van der Waals surface area contributed by atoms with Gasteiger partial charge in [-0.3, -0.25) is 10.2 Å². The molecule has 0 radical (unpaired) electrons. The summed E-state index contributed by atoms with van der Waals surface area (Å²) in [4.78, 5) is 15.0. The zero-order valence-electron chi connectivity index (χ0n) is 14.3. The van der Waals surface area contributed by atoms with Crippen molar-refractivity contribution in [3.05, 3.63) is 30.3 Å². The van der Waals surface area contributed by atoms with Crippen molar-refractivity contribution in [1.29, 1.82) is 0 Å². The van der Waals surface area contributed by atoms with Gasteiger partial charge in [0.15, 0.2) is 0 Å². The number of para-hydroxylation sites is 1. The number of hydrogen-bond acceptors (Lipinski definition) is 3. The topological polar surface area (TPSA) is 41.6 Å². The van der Waals surface area contributed by atoms with E-state index >= 15 is 0 Å². The number of fused-ring (bicyclic) bond motifs is 2. The molecule has 130 valence electrons. The third-order valence-corrected chi connectivity index (χ3v) is 6.21. The fourth-order valence-electron chi connectivity index (χ4n) is 5.08. The normalized spacial score (nSPS) is 33.2. The van der Waals surface area contributed by atoms with Gasteiger partial charge in [-0.25, -0.2) is 4.79 Å². The molecule has 1 N–H and O–H groups in total. The molecule has 0 spiro atoms. The summed E-state index contributed by atoms with van der Waals surface area (Å²) in [6.07, 6.45) is 8.77. The van der Waals surface area contributed by atoms with Crippen molar-refractivity contribution in [2.24, 2.45) is 11.8 Å². The summed E-state index contributed by atoms with van der Waals surface area (Å²) in [5.74, 6) is 1.10. The zero-order valence-corrected chi connectivity index (χ0v) is 14.3. The molecule has 4 heteroatoms. The van der Waals surface area contributed by atoms with Gasteiger partial charge in [-0.15, -0.1) is 0 Å². The van der Waals surface area contributed by atoms with E-state index in [1.54, 1.807) is 0 Å². The number of benzene rings is 1. The maximum Gasteiger partial charge on any atom is 0.411 e. The molecule has 3 fully saturated rings. The predicted molar refractivity (Wildman–Crippen MR) is 95.0 cm³/mol. The molecular weight excluding hydrogens is 300 g/mol. The lowest BCUT2D eigenvalue weighted by molar-refractivity contribution is -0.0139. The summed E-state index contributed by atoms with van der Waals surface area (Å²) in [6, 6.07) is 10.2. The van der Waals surface area contributed by atoms with Gasteiger partial charge in [0.25, 0.3) is 0 Å². The molecule has 0 unspecified atom stereocenters. The van der Waals surface area contributed by atoms with E-state index in [4.69, 9.17) is 4.74 Å². The van der Waals surface area contributed by atoms with Crippen molar-refractivity contribution in [1.82, 2.24) is 4.90 Å². The summed E-state index contributed by atoms with van der Waals surface area (Å²) in [5.41, 5.74) is 0.804. The molecule has 1 heterocycles. The minimum absolute atomic E-state index is 0.106. The number of carbonyl (C=O) groups excluding carboxylic acids is 1. The second-order valence-corrected chi connectivity index (χ2v) is 7.60. The highest BCUT2D eigenvalue weighted by atomic mass is 16.6. The van der Waals surface area contributed by atoms with Crippen molar-refractivity contribution < 1.29 is 9.53 Å². The van der Waals surface area contributed by atoms with Crippen LogP contribution in [0, 0.1) is 11.8 Å². The molecule has 4 nitrogen and oxygen atoms in total. The Kier molecular flexibility index (Phi) is 4.74. The Morgan fingerprint density at radius 1 is 1.00 bits per heavy atom. The van der Waals surface area contributed by atoms with Crippen molar-refractivity contribution in [2.45, 2.75) is 57.1 Å². The van der Waals surface area contributed by atoms with E-state index in [2.05, 4.69) is 10.2 Å². The molecule has 4 rings (SSSR count). The first kappa shape index (κ1) is 15.9. The monoisotopic (exact) mass is 328 g/mol. The molecule has 0 aromatic heterocycles. The summed E-state index contributed by atoms with van der Waals surface area (Å²) >= 11 is 0. The Morgan fingerprint density at radius 2 is 1.75 bits per heavy atom. The standard InChI is InChI=1S/C20H28N2O2/c23-20(21-16-7-3-1-4-8-16)24-19-15-9-11-17(19)18(12-10-15)22-13-5-2-6-14-22/h1,3-4,7-8,15,17-19H,2,5-6,9-14H2,(H,21,23)/t15-,17-,18+,19+/m0/s1. The lowest BCUT2D eigenvalue weighted by Gasteiger charge is -2.43. The van der Waals surface area contributed by atoms with Gasteiger partial charge in [0.2, 0.25) is 0 Å². The number of ether oxygens (including phenoxy) is 1. The summed E-state index contributed by atoms with van der Waals surface area (Å²) in [5, 5.41) is 2.88. The maximum absolute atomic E-state index is 12.3. The molecule has 4 atom stereocenters. The highest BCUT2D eigenvalue weighted by molar-refractivity contribution is 5.84. The SMILES string of the molecule is O=C(Nc1ccccc1)O[C@@H]1[C@H]2CC[C@H]1[C@H](N1CCCCC1)CC2. The molecule has 2 saturated carbocycles. The Morgan fingerprint density at radius 3 is 2.54 bits per heavy atom. The summed E-state index contributed by atoms with van der Waals surface area (Å²) < 4.78 is 5.93. The second kappa shape index (κ2) is 7.14. The van der Waals surface area contributed by atoms with Crippen LogP contribution in [-0.2, 0) is 4.74 Å². The summed E-state index contributed by atoms with van der Waals surface area (Å²) in [7, 11) is 0. The molecule has 2 aliphatic carbocycles. The van der Waals surface area contributed by atoms with E-state index in [0.29, 0.717) is 17.9 Å². The van der Waals surface area contributed by atoms with Gasteiger partial charge < -0.3 is 4.74 Å².